The molecule has 0 atom stereocenters. The third kappa shape index (κ3) is 3.71. The minimum atomic E-state index is -0.181. The Labute approximate surface area is 147 Å². The van der Waals surface area contributed by atoms with Crippen LogP contribution in [0.4, 0.5) is 5.69 Å². The van der Waals surface area contributed by atoms with Gasteiger partial charge in [0.1, 0.15) is 5.75 Å². The van der Waals surface area contributed by atoms with Gasteiger partial charge < -0.3 is 10.1 Å². The molecule has 0 radical (unpaired) electrons. The Kier molecular flexibility index (Phi) is 4.84. The van der Waals surface area contributed by atoms with E-state index < -0.39 is 0 Å². The number of anilines is 1. The number of carbonyl (C=O) groups excluding carboxylic acids is 1. The average Bonchev–Trinajstić information content (AvgIpc) is 2.99. The Morgan fingerprint density at radius 3 is 2.40 bits per heavy atom. The Hall–Kier alpha value is -3.08. The fraction of sp³-hybridized carbons (Fsp3) is 0.200. The number of benzene rings is 2. The number of nitrogens with zero attached hydrogens (tertiary/aromatic N) is 2. The van der Waals surface area contributed by atoms with E-state index in [-0.39, 0.29) is 5.91 Å². The fourth-order valence-corrected chi connectivity index (χ4v) is 2.58. The van der Waals surface area contributed by atoms with Gasteiger partial charge in [-0.3, -0.25) is 4.79 Å². The van der Waals surface area contributed by atoms with E-state index in [2.05, 4.69) is 10.4 Å². The van der Waals surface area contributed by atoms with E-state index >= 15 is 0 Å². The maximum atomic E-state index is 12.5. The second-order valence-corrected chi connectivity index (χ2v) is 5.80. The van der Waals surface area contributed by atoms with Crippen molar-refractivity contribution in [3.8, 4) is 11.4 Å². The van der Waals surface area contributed by atoms with Crippen molar-refractivity contribution < 1.29 is 9.53 Å². The predicted molar refractivity (Wildman–Crippen MR) is 98.6 cm³/mol. The summed E-state index contributed by atoms with van der Waals surface area (Å²) in [5, 5.41) is 7.25. The van der Waals surface area contributed by atoms with Crippen LogP contribution < -0.4 is 10.1 Å². The summed E-state index contributed by atoms with van der Waals surface area (Å²) in [5.74, 6) is 0.601. The maximum Gasteiger partial charge on any atom is 0.259 e. The summed E-state index contributed by atoms with van der Waals surface area (Å²) >= 11 is 0. The fourth-order valence-electron chi connectivity index (χ4n) is 2.58. The molecule has 3 aromatic rings. The van der Waals surface area contributed by atoms with Crippen molar-refractivity contribution in [2.24, 2.45) is 0 Å². The first kappa shape index (κ1) is 16.8. The largest absolute Gasteiger partial charge is 0.494 e. The van der Waals surface area contributed by atoms with Gasteiger partial charge in [0.25, 0.3) is 5.91 Å². The number of nitrogens with one attached hydrogen (secondary N) is 1. The van der Waals surface area contributed by atoms with E-state index in [0.717, 1.165) is 22.8 Å². The second kappa shape index (κ2) is 7.21. The molecule has 0 fully saturated rings. The lowest BCUT2D eigenvalue weighted by Crippen LogP contribution is -2.13. The first-order valence-corrected chi connectivity index (χ1v) is 8.24. The van der Waals surface area contributed by atoms with Gasteiger partial charge in [-0.2, -0.15) is 5.10 Å². The van der Waals surface area contributed by atoms with E-state index in [1.54, 1.807) is 10.9 Å². The van der Waals surface area contributed by atoms with Crippen LogP contribution in [0.3, 0.4) is 0 Å². The van der Waals surface area contributed by atoms with Crippen LogP contribution in [-0.2, 0) is 0 Å². The second-order valence-electron chi connectivity index (χ2n) is 5.80. The van der Waals surface area contributed by atoms with Crippen LogP contribution in [0.1, 0.15) is 28.5 Å². The maximum absolute atomic E-state index is 12.5. The molecule has 0 saturated heterocycles. The lowest BCUT2D eigenvalue weighted by atomic mass is 10.2. The lowest BCUT2D eigenvalue weighted by Gasteiger charge is -2.08. The quantitative estimate of drug-likeness (QED) is 0.762. The van der Waals surface area contributed by atoms with E-state index in [9.17, 15) is 4.79 Å². The van der Waals surface area contributed by atoms with E-state index in [4.69, 9.17) is 4.74 Å². The van der Waals surface area contributed by atoms with Crippen molar-refractivity contribution in [3.05, 3.63) is 71.5 Å². The highest BCUT2D eigenvalue weighted by Gasteiger charge is 2.15. The van der Waals surface area contributed by atoms with E-state index in [0.29, 0.717) is 12.2 Å². The molecule has 25 heavy (non-hydrogen) atoms. The van der Waals surface area contributed by atoms with Gasteiger partial charge in [-0.05, 0) is 57.2 Å². The molecule has 0 unspecified atom stereocenters. The molecule has 0 aliphatic rings. The van der Waals surface area contributed by atoms with Gasteiger partial charge in [-0.1, -0.05) is 17.7 Å². The van der Waals surface area contributed by atoms with Gasteiger partial charge in [0.2, 0.25) is 0 Å². The average molecular weight is 335 g/mol. The highest BCUT2D eigenvalue weighted by Crippen LogP contribution is 2.19. The van der Waals surface area contributed by atoms with Crippen LogP contribution in [0.25, 0.3) is 5.69 Å². The predicted octanol–water partition coefficient (Wildman–Crippen LogP) is 4.14. The molecule has 1 amide bonds. The third-order valence-electron chi connectivity index (χ3n) is 3.96. The normalized spacial score (nSPS) is 10.5. The Morgan fingerprint density at radius 2 is 1.76 bits per heavy atom. The van der Waals surface area contributed by atoms with E-state index in [1.165, 1.54) is 5.56 Å². The Bertz CT molecular complexity index is 865. The zero-order valence-electron chi connectivity index (χ0n) is 14.6. The monoisotopic (exact) mass is 335 g/mol. The van der Waals surface area contributed by atoms with Crippen LogP contribution in [0, 0.1) is 13.8 Å². The van der Waals surface area contributed by atoms with Crippen molar-refractivity contribution >= 4 is 11.6 Å². The molecule has 5 heteroatoms. The number of amides is 1. The summed E-state index contributed by atoms with van der Waals surface area (Å²) in [6.07, 6.45) is 1.60. The Balaban J connectivity index is 1.77. The molecule has 1 N–H and O–H groups in total. The minimum Gasteiger partial charge on any atom is -0.494 e. The van der Waals surface area contributed by atoms with Crippen molar-refractivity contribution in [2.75, 3.05) is 11.9 Å². The van der Waals surface area contributed by atoms with E-state index in [1.807, 2.05) is 69.3 Å². The number of hydrogen-bond acceptors (Lipinski definition) is 3. The smallest absolute Gasteiger partial charge is 0.259 e. The molecule has 1 aromatic heterocycles. The summed E-state index contributed by atoms with van der Waals surface area (Å²) in [5.41, 5.74) is 4.18. The molecule has 0 aliphatic heterocycles. The van der Waals surface area contributed by atoms with Crippen LogP contribution >= 0.6 is 0 Å². The van der Waals surface area contributed by atoms with Gasteiger partial charge in [0.05, 0.1) is 29.7 Å². The number of carbonyl (C=O) groups is 1. The summed E-state index contributed by atoms with van der Waals surface area (Å²) in [6.45, 7) is 6.47. The zero-order chi connectivity index (χ0) is 17.8. The topological polar surface area (TPSA) is 56.1 Å². The molecule has 0 spiro atoms. The summed E-state index contributed by atoms with van der Waals surface area (Å²) in [6, 6.07) is 15.3. The van der Waals surface area contributed by atoms with Crippen molar-refractivity contribution in [1.29, 1.82) is 0 Å². The number of ether oxygens (including phenoxy) is 1. The number of rotatable bonds is 5. The molecular weight excluding hydrogens is 314 g/mol. The van der Waals surface area contributed by atoms with Crippen LogP contribution in [-0.4, -0.2) is 22.3 Å². The number of aryl methyl sites for hydroxylation is 1. The first-order chi connectivity index (χ1) is 12.1. The summed E-state index contributed by atoms with van der Waals surface area (Å²) in [7, 11) is 0. The van der Waals surface area contributed by atoms with Gasteiger partial charge in [0, 0.05) is 5.69 Å². The molecule has 5 nitrogen and oxygen atoms in total. The van der Waals surface area contributed by atoms with Gasteiger partial charge in [0.15, 0.2) is 0 Å². The van der Waals surface area contributed by atoms with Gasteiger partial charge >= 0.3 is 0 Å². The molecule has 2 aromatic carbocycles. The van der Waals surface area contributed by atoms with Gasteiger partial charge in [-0.15, -0.1) is 0 Å². The van der Waals surface area contributed by atoms with Crippen molar-refractivity contribution in [2.45, 2.75) is 20.8 Å². The SMILES string of the molecule is CCOc1ccc(NC(=O)c2cnn(-c3ccc(C)cc3)c2C)cc1. The highest BCUT2D eigenvalue weighted by molar-refractivity contribution is 6.05. The summed E-state index contributed by atoms with van der Waals surface area (Å²) < 4.78 is 7.17. The molecule has 0 saturated carbocycles. The number of hydrogen-bond donors (Lipinski definition) is 1. The summed E-state index contributed by atoms with van der Waals surface area (Å²) in [4.78, 5) is 12.5. The van der Waals surface area contributed by atoms with Gasteiger partial charge in [-0.25, -0.2) is 4.68 Å². The minimum absolute atomic E-state index is 0.181. The third-order valence-corrected chi connectivity index (χ3v) is 3.96. The molecule has 1 heterocycles. The molecular formula is C20H21N3O2. The van der Waals surface area contributed by atoms with Crippen molar-refractivity contribution in [3.63, 3.8) is 0 Å². The van der Waals surface area contributed by atoms with Crippen molar-refractivity contribution in [1.82, 2.24) is 9.78 Å². The number of aromatic nitrogens is 2. The Morgan fingerprint density at radius 1 is 1.08 bits per heavy atom. The molecule has 0 bridgehead atoms. The van der Waals surface area contributed by atoms with Crippen LogP contribution in [0.2, 0.25) is 0 Å². The van der Waals surface area contributed by atoms with Crippen LogP contribution in [0.5, 0.6) is 5.75 Å². The van der Waals surface area contributed by atoms with Crippen LogP contribution in [0.15, 0.2) is 54.7 Å². The molecule has 128 valence electrons. The molecule has 3 rings (SSSR count). The first-order valence-electron chi connectivity index (χ1n) is 8.24. The standard InChI is InChI=1S/C20H21N3O2/c1-4-25-18-11-7-16(8-12-18)22-20(24)19-13-21-23(15(19)3)17-9-5-14(2)6-10-17/h5-13H,4H2,1-3H3,(H,22,24). The molecule has 0 aliphatic carbocycles. The highest BCUT2D eigenvalue weighted by atomic mass is 16.5. The zero-order valence-corrected chi connectivity index (χ0v) is 14.6. The lowest BCUT2D eigenvalue weighted by molar-refractivity contribution is 0.102.